The molecule has 0 N–H and O–H groups in total. The lowest BCUT2D eigenvalue weighted by Crippen LogP contribution is -2.50. The largest absolute Gasteiger partial charge is 0.379 e. The van der Waals surface area contributed by atoms with Crippen LogP contribution in [-0.2, 0) is 4.74 Å². The Morgan fingerprint density at radius 3 is 2.75 bits per heavy atom. The molecule has 0 bridgehead atoms. The molecule has 4 nitrogen and oxygen atoms in total. The summed E-state index contributed by atoms with van der Waals surface area (Å²) in [5.41, 5.74) is 0.216. The summed E-state index contributed by atoms with van der Waals surface area (Å²) in [6.07, 6.45) is 0.916. The van der Waals surface area contributed by atoms with Gasteiger partial charge in [-0.1, -0.05) is 0 Å². The normalized spacial score (nSPS) is 23.1. The van der Waals surface area contributed by atoms with E-state index in [4.69, 9.17) is 4.74 Å². The second-order valence-corrected chi connectivity index (χ2v) is 7.27. The predicted molar refractivity (Wildman–Crippen MR) is 90.4 cm³/mol. The molecule has 0 saturated carbocycles. The van der Waals surface area contributed by atoms with Crippen molar-refractivity contribution in [3.63, 3.8) is 0 Å². The highest BCUT2D eigenvalue weighted by Crippen LogP contribution is 2.21. The number of carbonyl (C=O) groups excluding carboxylic acids is 1. The van der Waals surface area contributed by atoms with E-state index in [9.17, 15) is 13.6 Å². The average Bonchev–Trinajstić information content (AvgIpc) is 2.83. The summed E-state index contributed by atoms with van der Waals surface area (Å²) < 4.78 is 32.0. The average molecular weight is 356 g/mol. The molecule has 0 aromatic heterocycles. The molecule has 7 heteroatoms. The zero-order valence-electron chi connectivity index (χ0n) is 13.5. The van der Waals surface area contributed by atoms with Gasteiger partial charge in [-0.2, -0.15) is 11.8 Å². The first-order valence-corrected chi connectivity index (χ1v) is 9.44. The van der Waals surface area contributed by atoms with Gasteiger partial charge < -0.3 is 9.64 Å². The molecule has 1 aromatic rings. The SMILES string of the molecule is O=C(c1ccc(F)c(F)c1)N1CCCSCC1CN1CCOCC1. The third kappa shape index (κ3) is 4.26. The molecule has 1 unspecified atom stereocenters. The van der Waals surface area contributed by atoms with Crippen LogP contribution in [-0.4, -0.2) is 72.6 Å². The number of morpholine rings is 1. The Bertz CT molecular complexity index is 582. The molecule has 2 aliphatic heterocycles. The minimum Gasteiger partial charge on any atom is -0.379 e. The van der Waals surface area contributed by atoms with Crippen molar-refractivity contribution < 1.29 is 18.3 Å². The van der Waals surface area contributed by atoms with Gasteiger partial charge in [0.1, 0.15) is 0 Å². The van der Waals surface area contributed by atoms with Crippen LogP contribution in [0.25, 0.3) is 0 Å². The van der Waals surface area contributed by atoms with Crippen molar-refractivity contribution in [2.24, 2.45) is 0 Å². The maximum absolute atomic E-state index is 13.5. The van der Waals surface area contributed by atoms with E-state index in [1.165, 1.54) is 6.07 Å². The quantitative estimate of drug-likeness (QED) is 0.832. The summed E-state index contributed by atoms with van der Waals surface area (Å²) in [7, 11) is 0. The van der Waals surface area contributed by atoms with Crippen molar-refractivity contribution in [3.05, 3.63) is 35.4 Å². The van der Waals surface area contributed by atoms with Crippen molar-refractivity contribution in [2.75, 3.05) is 50.9 Å². The highest BCUT2D eigenvalue weighted by Gasteiger charge is 2.29. The predicted octanol–water partition coefficient (Wildman–Crippen LogP) is 2.24. The number of hydrogen-bond acceptors (Lipinski definition) is 4. The smallest absolute Gasteiger partial charge is 0.254 e. The monoisotopic (exact) mass is 356 g/mol. The maximum Gasteiger partial charge on any atom is 0.254 e. The summed E-state index contributed by atoms with van der Waals surface area (Å²) >= 11 is 1.85. The molecule has 2 saturated heterocycles. The summed E-state index contributed by atoms with van der Waals surface area (Å²) in [5, 5.41) is 0. The molecule has 1 aromatic carbocycles. The number of ether oxygens (including phenoxy) is 1. The maximum atomic E-state index is 13.5. The molecular formula is C17H22F2N2O2S. The first-order chi connectivity index (χ1) is 11.6. The number of benzene rings is 1. The van der Waals surface area contributed by atoms with Crippen LogP contribution in [0.5, 0.6) is 0 Å². The minimum atomic E-state index is -0.977. The van der Waals surface area contributed by atoms with E-state index in [2.05, 4.69) is 4.90 Å². The minimum absolute atomic E-state index is 0.0798. The molecule has 3 rings (SSSR count). The zero-order valence-corrected chi connectivity index (χ0v) is 14.4. The molecule has 0 spiro atoms. The summed E-state index contributed by atoms with van der Waals surface area (Å²) in [5.74, 6) is -0.235. The topological polar surface area (TPSA) is 32.8 Å². The molecule has 2 heterocycles. The standard InChI is InChI=1S/C17H22F2N2O2S/c18-15-3-2-13(10-16(15)19)17(22)21-4-1-9-24-12-14(21)11-20-5-7-23-8-6-20/h2-3,10,14H,1,4-9,11-12H2. The van der Waals surface area contributed by atoms with Crippen molar-refractivity contribution in [3.8, 4) is 0 Å². The van der Waals surface area contributed by atoms with Crippen LogP contribution < -0.4 is 0 Å². The van der Waals surface area contributed by atoms with Crippen LogP contribution in [0.3, 0.4) is 0 Å². The van der Waals surface area contributed by atoms with E-state index < -0.39 is 11.6 Å². The lowest BCUT2D eigenvalue weighted by Gasteiger charge is -2.35. The fourth-order valence-electron chi connectivity index (χ4n) is 3.12. The van der Waals surface area contributed by atoms with Crippen LogP contribution in [0.2, 0.25) is 0 Å². The molecule has 2 fully saturated rings. The Morgan fingerprint density at radius 1 is 1.21 bits per heavy atom. The Hall–Kier alpha value is -1.18. The molecule has 0 radical (unpaired) electrons. The zero-order chi connectivity index (χ0) is 16.9. The molecule has 132 valence electrons. The molecule has 1 amide bonds. The molecular weight excluding hydrogens is 334 g/mol. The first-order valence-electron chi connectivity index (χ1n) is 8.29. The van der Waals surface area contributed by atoms with E-state index in [0.717, 1.165) is 62.9 Å². The van der Waals surface area contributed by atoms with Crippen molar-refractivity contribution >= 4 is 17.7 Å². The van der Waals surface area contributed by atoms with Gasteiger partial charge in [0.2, 0.25) is 0 Å². The van der Waals surface area contributed by atoms with Gasteiger partial charge in [0, 0.05) is 37.5 Å². The third-order valence-electron chi connectivity index (χ3n) is 4.44. The second kappa shape index (κ2) is 8.27. The number of carbonyl (C=O) groups is 1. The van der Waals surface area contributed by atoms with Crippen molar-refractivity contribution in [2.45, 2.75) is 12.5 Å². The van der Waals surface area contributed by atoms with Crippen LogP contribution in [0.15, 0.2) is 18.2 Å². The van der Waals surface area contributed by atoms with Gasteiger partial charge in [-0.25, -0.2) is 8.78 Å². The number of thioether (sulfide) groups is 1. The molecule has 2 aliphatic rings. The summed E-state index contributed by atoms with van der Waals surface area (Å²) in [6.45, 7) is 4.63. The van der Waals surface area contributed by atoms with E-state index in [1.54, 1.807) is 0 Å². The van der Waals surface area contributed by atoms with Crippen molar-refractivity contribution in [1.29, 1.82) is 0 Å². The van der Waals surface area contributed by atoms with E-state index in [0.29, 0.717) is 6.54 Å². The Balaban J connectivity index is 1.75. The lowest BCUT2D eigenvalue weighted by molar-refractivity contribution is 0.0245. The van der Waals surface area contributed by atoms with Crippen molar-refractivity contribution in [1.82, 2.24) is 9.80 Å². The number of nitrogens with zero attached hydrogens (tertiary/aromatic N) is 2. The fraction of sp³-hybridized carbons (Fsp3) is 0.588. The number of hydrogen-bond donors (Lipinski definition) is 0. The second-order valence-electron chi connectivity index (χ2n) is 6.12. The Labute approximate surface area is 145 Å². The van der Waals surface area contributed by atoms with E-state index in [-0.39, 0.29) is 17.5 Å². The Kier molecular flexibility index (Phi) is 6.08. The van der Waals surface area contributed by atoms with Crippen LogP contribution in [0, 0.1) is 11.6 Å². The lowest BCUT2D eigenvalue weighted by atomic mass is 10.1. The number of halogens is 2. The first kappa shape index (κ1) is 17.6. The van der Waals surface area contributed by atoms with Crippen LogP contribution in [0.4, 0.5) is 8.78 Å². The van der Waals surface area contributed by atoms with E-state index >= 15 is 0 Å². The molecule has 1 atom stereocenters. The van der Waals surface area contributed by atoms with Gasteiger partial charge in [-0.3, -0.25) is 9.69 Å². The number of rotatable bonds is 3. The summed E-state index contributed by atoms with van der Waals surface area (Å²) in [4.78, 5) is 17.0. The highest BCUT2D eigenvalue weighted by molar-refractivity contribution is 7.99. The van der Waals surface area contributed by atoms with Gasteiger partial charge in [-0.15, -0.1) is 0 Å². The van der Waals surface area contributed by atoms with Gasteiger partial charge in [-0.05, 0) is 30.4 Å². The molecule has 0 aliphatic carbocycles. The highest BCUT2D eigenvalue weighted by atomic mass is 32.2. The van der Waals surface area contributed by atoms with E-state index in [1.807, 2.05) is 16.7 Å². The Morgan fingerprint density at radius 2 is 2.00 bits per heavy atom. The number of amides is 1. The van der Waals surface area contributed by atoms with Crippen LogP contribution in [0.1, 0.15) is 16.8 Å². The third-order valence-corrected chi connectivity index (χ3v) is 5.64. The van der Waals surface area contributed by atoms with Crippen LogP contribution >= 0.6 is 11.8 Å². The fourth-order valence-corrected chi connectivity index (χ4v) is 4.18. The summed E-state index contributed by atoms with van der Waals surface area (Å²) in [6, 6.07) is 3.47. The molecule has 24 heavy (non-hydrogen) atoms. The van der Waals surface area contributed by atoms with Gasteiger partial charge in [0.15, 0.2) is 11.6 Å². The van der Waals surface area contributed by atoms with Gasteiger partial charge >= 0.3 is 0 Å². The van der Waals surface area contributed by atoms with Gasteiger partial charge in [0.05, 0.1) is 19.3 Å². The van der Waals surface area contributed by atoms with Gasteiger partial charge in [0.25, 0.3) is 5.91 Å².